The molecule has 5 aromatic rings. The fraction of sp³-hybridized carbons (Fsp3) is 0.378. The average molecular weight is 763 g/mol. The number of methoxy groups -OCH3 is 6. The summed E-state index contributed by atoms with van der Waals surface area (Å²) in [6.45, 7) is 6.32. The van der Waals surface area contributed by atoms with Crippen molar-refractivity contribution in [2.75, 3.05) is 67.3 Å². The number of hydrogen-bond acceptors (Lipinski definition) is 11. The first kappa shape index (κ1) is 40.0. The number of anilines is 1. The summed E-state index contributed by atoms with van der Waals surface area (Å²) in [7, 11) is 9.74. The van der Waals surface area contributed by atoms with Crippen LogP contribution in [0.1, 0.15) is 43.7 Å². The van der Waals surface area contributed by atoms with E-state index in [0.29, 0.717) is 47.1 Å². The summed E-state index contributed by atoms with van der Waals surface area (Å²) in [6, 6.07) is 21.1. The molecule has 3 aromatic carbocycles. The molecule has 6 rings (SSSR count). The van der Waals surface area contributed by atoms with E-state index < -0.39 is 0 Å². The van der Waals surface area contributed by atoms with Gasteiger partial charge in [-0.3, -0.25) is 14.9 Å². The predicted molar refractivity (Wildman–Crippen MR) is 220 cm³/mol. The predicted octanol–water partition coefficient (Wildman–Crippen LogP) is 8.71. The molecule has 0 aliphatic carbocycles. The number of benzene rings is 3. The molecule has 56 heavy (non-hydrogen) atoms. The van der Waals surface area contributed by atoms with Crippen LogP contribution in [0.5, 0.6) is 40.2 Å². The van der Waals surface area contributed by atoms with E-state index in [1.165, 1.54) is 0 Å². The van der Waals surface area contributed by atoms with E-state index in [9.17, 15) is 0 Å². The molecule has 0 atom stereocenters. The summed E-state index contributed by atoms with van der Waals surface area (Å²) in [5, 5.41) is 0. The van der Waals surface area contributed by atoms with Crippen LogP contribution in [0.25, 0.3) is 22.3 Å². The van der Waals surface area contributed by atoms with E-state index in [0.717, 1.165) is 96.7 Å². The number of likely N-dealkylation sites (tertiary alicyclic amines) is 1. The number of unbranched alkanes of at least 4 members (excludes halogenated alkanes) is 1. The van der Waals surface area contributed by atoms with E-state index in [2.05, 4.69) is 63.1 Å². The molecule has 11 nitrogen and oxygen atoms in total. The standard InChI is InChI=1S/C45H54N4O7/c1-8-9-18-56-39-12-10-37(11-13-39)49(30-32-20-36(28-47-26-32)34-23-42(52-4)45(55-7)43(24-34)53-5)38-14-16-48(17-15-38)29-31-19-35(27-46-25-31)33-21-40(50-2)44(54-6)41(22-33)51-3/h10-13,19-28,38H,8-9,14-18,29-30H2,1-7H3. The van der Waals surface area contributed by atoms with Crippen molar-refractivity contribution in [3.8, 4) is 62.5 Å². The van der Waals surface area contributed by atoms with Crippen LogP contribution in [-0.2, 0) is 13.1 Å². The molecule has 0 amide bonds. The largest absolute Gasteiger partial charge is 0.494 e. The molecule has 0 spiro atoms. The van der Waals surface area contributed by atoms with Gasteiger partial charge in [-0.05, 0) is 102 Å². The Balaban J connectivity index is 1.20. The zero-order valence-electron chi connectivity index (χ0n) is 33.7. The number of aromatic nitrogens is 2. The van der Waals surface area contributed by atoms with Gasteiger partial charge in [0.15, 0.2) is 23.0 Å². The van der Waals surface area contributed by atoms with Gasteiger partial charge in [-0.1, -0.05) is 13.3 Å². The van der Waals surface area contributed by atoms with Crippen molar-refractivity contribution in [1.29, 1.82) is 0 Å². The highest BCUT2D eigenvalue weighted by Crippen LogP contribution is 2.42. The first-order valence-corrected chi connectivity index (χ1v) is 19.1. The molecule has 0 N–H and O–H groups in total. The summed E-state index contributed by atoms with van der Waals surface area (Å²) in [4.78, 5) is 14.3. The van der Waals surface area contributed by atoms with E-state index in [1.54, 1.807) is 42.7 Å². The van der Waals surface area contributed by atoms with Gasteiger partial charge in [0.05, 0.1) is 49.3 Å². The summed E-state index contributed by atoms with van der Waals surface area (Å²) in [5.74, 6) is 4.45. The third-order valence-corrected chi connectivity index (χ3v) is 10.3. The SMILES string of the molecule is CCCCOc1ccc(N(Cc2cncc(-c3cc(OC)c(OC)c(OC)c3)c2)C2CCN(Cc3cncc(-c4cc(OC)c(OC)c(OC)c4)c3)CC2)cc1. The maximum absolute atomic E-state index is 6.02. The van der Waals surface area contributed by atoms with Gasteiger partial charge >= 0.3 is 0 Å². The van der Waals surface area contributed by atoms with Crippen molar-refractivity contribution >= 4 is 5.69 Å². The molecule has 296 valence electrons. The van der Waals surface area contributed by atoms with Crippen molar-refractivity contribution in [1.82, 2.24) is 14.9 Å². The number of hydrogen-bond donors (Lipinski definition) is 0. The zero-order chi connectivity index (χ0) is 39.4. The maximum Gasteiger partial charge on any atom is 0.203 e. The van der Waals surface area contributed by atoms with Crippen molar-refractivity contribution in [2.24, 2.45) is 0 Å². The van der Waals surface area contributed by atoms with E-state index in [-0.39, 0.29) is 0 Å². The average Bonchev–Trinajstić information content (AvgIpc) is 3.25. The van der Waals surface area contributed by atoms with Crippen molar-refractivity contribution in [3.63, 3.8) is 0 Å². The quantitative estimate of drug-likeness (QED) is 0.0803. The second kappa shape index (κ2) is 19.3. The lowest BCUT2D eigenvalue weighted by atomic mass is 9.99. The fourth-order valence-corrected chi connectivity index (χ4v) is 7.30. The van der Waals surface area contributed by atoms with Crippen LogP contribution < -0.4 is 38.1 Å². The van der Waals surface area contributed by atoms with Gasteiger partial charge < -0.3 is 38.1 Å². The Morgan fingerprint density at radius 2 is 1.11 bits per heavy atom. The van der Waals surface area contributed by atoms with Crippen LogP contribution in [0.2, 0.25) is 0 Å². The van der Waals surface area contributed by atoms with Crippen molar-refractivity contribution in [2.45, 2.75) is 51.7 Å². The van der Waals surface area contributed by atoms with E-state index >= 15 is 0 Å². The van der Waals surface area contributed by atoms with Gasteiger partial charge in [-0.15, -0.1) is 0 Å². The lowest BCUT2D eigenvalue weighted by molar-refractivity contribution is 0.200. The zero-order valence-corrected chi connectivity index (χ0v) is 33.7. The molecule has 2 aromatic heterocycles. The Morgan fingerprint density at radius 3 is 1.59 bits per heavy atom. The molecule has 1 saturated heterocycles. The smallest absolute Gasteiger partial charge is 0.203 e. The first-order chi connectivity index (χ1) is 27.4. The molecule has 1 aliphatic rings. The Bertz CT molecular complexity index is 1980. The van der Waals surface area contributed by atoms with Gasteiger partial charge in [0.2, 0.25) is 11.5 Å². The van der Waals surface area contributed by atoms with Crippen LogP contribution in [0.3, 0.4) is 0 Å². The third kappa shape index (κ3) is 9.39. The minimum absolute atomic E-state index is 0.326. The van der Waals surface area contributed by atoms with Crippen LogP contribution in [0.15, 0.2) is 85.5 Å². The lowest BCUT2D eigenvalue weighted by Crippen LogP contribution is -2.44. The van der Waals surface area contributed by atoms with E-state index in [1.807, 2.05) is 49.1 Å². The second-order valence-corrected chi connectivity index (χ2v) is 13.8. The summed E-state index contributed by atoms with van der Waals surface area (Å²) < 4.78 is 39.6. The van der Waals surface area contributed by atoms with Crippen LogP contribution in [-0.4, -0.2) is 83.3 Å². The Labute approximate surface area is 331 Å². The Kier molecular flexibility index (Phi) is 13.8. The van der Waals surface area contributed by atoms with Gasteiger partial charge in [-0.2, -0.15) is 0 Å². The minimum Gasteiger partial charge on any atom is -0.494 e. The normalized spacial score (nSPS) is 13.2. The summed E-state index contributed by atoms with van der Waals surface area (Å²) in [6.07, 6.45) is 11.8. The first-order valence-electron chi connectivity index (χ1n) is 19.1. The highest BCUT2D eigenvalue weighted by molar-refractivity contribution is 5.72. The monoisotopic (exact) mass is 762 g/mol. The molecule has 0 bridgehead atoms. The Hall–Kier alpha value is -5.68. The number of rotatable bonds is 18. The molecule has 11 heteroatoms. The van der Waals surface area contributed by atoms with Gasteiger partial charge in [0, 0.05) is 73.8 Å². The minimum atomic E-state index is 0.326. The van der Waals surface area contributed by atoms with Crippen molar-refractivity contribution in [3.05, 3.63) is 96.6 Å². The van der Waals surface area contributed by atoms with Crippen LogP contribution in [0.4, 0.5) is 5.69 Å². The molecular weight excluding hydrogens is 709 g/mol. The molecule has 1 aliphatic heterocycles. The Morgan fingerprint density at radius 1 is 0.607 bits per heavy atom. The van der Waals surface area contributed by atoms with Gasteiger partial charge in [0.1, 0.15) is 5.75 Å². The van der Waals surface area contributed by atoms with Crippen LogP contribution >= 0.6 is 0 Å². The van der Waals surface area contributed by atoms with Crippen LogP contribution in [0, 0.1) is 0 Å². The van der Waals surface area contributed by atoms with Crippen molar-refractivity contribution < 1.29 is 33.2 Å². The van der Waals surface area contributed by atoms with Gasteiger partial charge in [-0.25, -0.2) is 0 Å². The molecule has 0 unspecified atom stereocenters. The lowest BCUT2D eigenvalue weighted by Gasteiger charge is -2.40. The topological polar surface area (TPSA) is 96.9 Å². The molecule has 3 heterocycles. The number of ether oxygens (including phenoxy) is 7. The summed E-state index contributed by atoms with van der Waals surface area (Å²) in [5.41, 5.74) is 7.27. The molecule has 0 radical (unpaired) electrons. The number of pyridine rings is 2. The molecule has 1 fully saturated rings. The van der Waals surface area contributed by atoms with E-state index in [4.69, 9.17) is 33.2 Å². The summed E-state index contributed by atoms with van der Waals surface area (Å²) >= 11 is 0. The second-order valence-electron chi connectivity index (χ2n) is 13.8. The fourth-order valence-electron chi connectivity index (χ4n) is 7.30. The number of piperidine rings is 1. The third-order valence-electron chi connectivity index (χ3n) is 10.3. The maximum atomic E-state index is 6.02. The molecule has 0 saturated carbocycles. The highest BCUT2D eigenvalue weighted by Gasteiger charge is 2.26. The number of nitrogens with zero attached hydrogens (tertiary/aromatic N) is 4. The molecular formula is C45H54N4O7. The van der Waals surface area contributed by atoms with Gasteiger partial charge in [0.25, 0.3) is 0 Å². The highest BCUT2D eigenvalue weighted by atomic mass is 16.5.